The summed E-state index contributed by atoms with van der Waals surface area (Å²) in [7, 11) is 0. The summed E-state index contributed by atoms with van der Waals surface area (Å²) < 4.78 is 5.18. The third-order valence-electron chi connectivity index (χ3n) is 2.16. The highest BCUT2D eigenvalue weighted by molar-refractivity contribution is 5.67. The molecule has 110 valence electrons. The molecule has 0 aromatic rings. The molecular formula is C15H33NO2. The van der Waals surface area contributed by atoms with Crippen molar-refractivity contribution in [3.63, 3.8) is 0 Å². The van der Waals surface area contributed by atoms with Crippen LogP contribution in [0, 0.1) is 11.8 Å². The Morgan fingerprint density at radius 1 is 1.06 bits per heavy atom. The molecule has 0 aromatic carbocycles. The molecule has 0 saturated carbocycles. The summed E-state index contributed by atoms with van der Waals surface area (Å²) in [5.74, 6) is 1.02. The van der Waals surface area contributed by atoms with Gasteiger partial charge in [-0.05, 0) is 25.2 Å². The lowest BCUT2D eigenvalue weighted by Crippen LogP contribution is -2.33. The van der Waals surface area contributed by atoms with Crippen molar-refractivity contribution in [3.05, 3.63) is 0 Å². The second-order valence-electron chi connectivity index (χ2n) is 5.44. The van der Waals surface area contributed by atoms with Gasteiger partial charge in [0.15, 0.2) is 0 Å². The lowest BCUT2D eigenvalue weighted by atomic mass is 10.1. The van der Waals surface area contributed by atoms with Crippen molar-refractivity contribution in [3.8, 4) is 0 Å². The van der Waals surface area contributed by atoms with Crippen LogP contribution in [0.5, 0.6) is 0 Å². The number of amides is 1. The van der Waals surface area contributed by atoms with Gasteiger partial charge in [0.05, 0.1) is 6.61 Å². The van der Waals surface area contributed by atoms with Crippen LogP contribution >= 0.6 is 0 Å². The highest BCUT2D eigenvalue weighted by Gasteiger charge is 2.13. The number of rotatable bonds is 6. The first-order valence-corrected chi connectivity index (χ1v) is 7.30. The maximum absolute atomic E-state index is 11.6. The van der Waals surface area contributed by atoms with Crippen LogP contribution in [0.4, 0.5) is 4.79 Å². The molecule has 0 radical (unpaired) electrons. The molecule has 0 aliphatic rings. The number of carbonyl (C=O) groups excluding carboxylic acids is 1. The fraction of sp³-hybridized carbons (Fsp3) is 0.933. The highest BCUT2D eigenvalue weighted by Crippen LogP contribution is 2.04. The van der Waals surface area contributed by atoms with Crippen molar-refractivity contribution >= 4 is 6.09 Å². The van der Waals surface area contributed by atoms with Gasteiger partial charge in [0.25, 0.3) is 0 Å². The summed E-state index contributed by atoms with van der Waals surface area (Å²) >= 11 is 0. The van der Waals surface area contributed by atoms with Gasteiger partial charge in [-0.15, -0.1) is 0 Å². The molecule has 0 rings (SSSR count). The molecule has 0 spiro atoms. The predicted molar refractivity (Wildman–Crippen MR) is 78.9 cm³/mol. The van der Waals surface area contributed by atoms with Crippen molar-refractivity contribution in [2.24, 2.45) is 11.8 Å². The molecule has 0 aliphatic carbocycles. The van der Waals surface area contributed by atoms with Gasteiger partial charge in [-0.25, -0.2) is 4.79 Å². The summed E-state index contributed by atoms with van der Waals surface area (Å²) in [6, 6.07) is 0. The summed E-state index contributed by atoms with van der Waals surface area (Å²) in [6.07, 6.45) is 2.11. The molecule has 0 aromatic heterocycles. The molecule has 0 N–H and O–H groups in total. The van der Waals surface area contributed by atoms with E-state index in [9.17, 15) is 4.79 Å². The predicted octanol–water partition coefficient (Wildman–Crippen LogP) is 4.56. The molecule has 3 nitrogen and oxygen atoms in total. The van der Waals surface area contributed by atoms with Crippen LogP contribution in [-0.2, 0) is 4.74 Å². The second-order valence-corrected chi connectivity index (χ2v) is 5.44. The molecule has 1 amide bonds. The Morgan fingerprint density at radius 2 is 1.56 bits per heavy atom. The standard InChI is InChI=1S/C12H25NO2.C3H8/c1-6-13(8-7-10(2)3)12(14)15-9-11(4)5;1-3-2/h10-11H,6-9H2,1-5H3;3H2,1-2H3. The van der Waals surface area contributed by atoms with E-state index < -0.39 is 0 Å². The summed E-state index contributed by atoms with van der Waals surface area (Å²) in [6.45, 7) is 16.7. The van der Waals surface area contributed by atoms with E-state index in [2.05, 4.69) is 27.7 Å². The van der Waals surface area contributed by atoms with Crippen molar-refractivity contribution in [2.75, 3.05) is 19.7 Å². The van der Waals surface area contributed by atoms with E-state index in [1.165, 1.54) is 6.42 Å². The van der Waals surface area contributed by atoms with E-state index in [0.717, 1.165) is 19.5 Å². The van der Waals surface area contributed by atoms with Gasteiger partial charge in [-0.3, -0.25) is 0 Å². The first-order valence-electron chi connectivity index (χ1n) is 7.30. The van der Waals surface area contributed by atoms with Crippen LogP contribution in [0.15, 0.2) is 0 Å². The highest BCUT2D eigenvalue weighted by atomic mass is 16.6. The van der Waals surface area contributed by atoms with E-state index in [1.807, 2.05) is 20.8 Å². The van der Waals surface area contributed by atoms with Crippen LogP contribution in [0.2, 0.25) is 0 Å². The quantitative estimate of drug-likeness (QED) is 0.699. The van der Waals surface area contributed by atoms with E-state index in [-0.39, 0.29) is 6.09 Å². The van der Waals surface area contributed by atoms with Gasteiger partial charge in [0.1, 0.15) is 0 Å². The third-order valence-corrected chi connectivity index (χ3v) is 2.16. The van der Waals surface area contributed by atoms with Crippen LogP contribution in [0.25, 0.3) is 0 Å². The fourth-order valence-corrected chi connectivity index (χ4v) is 1.12. The lowest BCUT2D eigenvalue weighted by molar-refractivity contribution is 0.0922. The maximum Gasteiger partial charge on any atom is 0.409 e. The Bertz CT molecular complexity index is 191. The number of carbonyl (C=O) groups is 1. The molecule has 0 saturated heterocycles. The Morgan fingerprint density at radius 3 is 1.89 bits per heavy atom. The van der Waals surface area contributed by atoms with Crippen molar-refractivity contribution in [1.29, 1.82) is 0 Å². The molecular weight excluding hydrogens is 226 g/mol. The molecule has 0 unspecified atom stereocenters. The first kappa shape index (κ1) is 19.6. The van der Waals surface area contributed by atoms with Crippen LogP contribution in [0.1, 0.15) is 61.3 Å². The van der Waals surface area contributed by atoms with Gasteiger partial charge in [-0.2, -0.15) is 0 Å². The van der Waals surface area contributed by atoms with Crippen molar-refractivity contribution in [1.82, 2.24) is 4.90 Å². The molecule has 0 bridgehead atoms. The average Bonchev–Trinajstić information content (AvgIpc) is 2.27. The largest absolute Gasteiger partial charge is 0.449 e. The minimum atomic E-state index is -0.174. The number of nitrogens with zero attached hydrogens (tertiary/aromatic N) is 1. The van der Waals surface area contributed by atoms with Crippen molar-refractivity contribution in [2.45, 2.75) is 61.3 Å². The Balaban J connectivity index is 0. The Hall–Kier alpha value is -0.730. The molecule has 0 fully saturated rings. The summed E-state index contributed by atoms with van der Waals surface area (Å²) in [5.41, 5.74) is 0. The minimum absolute atomic E-state index is 0.174. The van der Waals surface area contributed by atoms with Crippen molar-refractivity contribution < 1.29 is 9.53 Å². The van der Waals surface area contributed by atoms with Crippen LogP contribution < -0.4 is 0 Å². The third kappa shape index (κ3) is 13.3. The fourth-order valence-electron chi connectivity index (χ4n) is 1.12. The zero-order chi connectivity index (χ0) is 14.6. The second kappa shape index (κ2) is 12.7. The number of hydrogen-bond acceptors (Lipinski definition) is 2. The first-order chi connectivity index (χ1) is 8.38. The molecule has 0 heterocycles. The van der Waals surface area contributed by atoms with E-state index >= 15 is 0 Å². The zero-order valence-corrected chi connectivity index (χ0v) is 13.5. The molecule has 3 heteroatoms. The topological polar surface area (TPSA) is 29.5 Å². The number of ether oxygens (including phenoxy) is 1. The number of hydrogen-bond donors (Lipinski definition) is 0. The van der Waals surface area contributed by atoms with E-state index in [1.54, 1.807) is 4.90 Å². The monoisotopic (exact) mass is 259 g/mol. The van der Waals surface area contributed by atoms with Gasteiger partial charge >= 0.3 is 6.09 Å². The Labute approximate surface area is 114 Å². The van der Waals surface area contributed by atoms with Crippen LogP contribution in [0.3, 0.4) is 0 Å². The van der Waals surface area contributed by atoms with Gasteiger partial charge in [0, 0.05) is 13.1 Å². The van der Waals surface area contributed by atoms with Crippen LogP contribution in [-0.4, -0.2) is 30.7 Å². The molecule has 0 atom stereocenters. The maximum atomic E-state index is 11.6. The normalized spacial score (nSPS) is 10.1. The average molecular weight is 259 g/mol. The molecule has 18 heavy (non-hydrogen) atoms. The van der Waals surface area contributed by atoms with Gasteiger partial charge in [0.2, 0.25) is 0 Å². The van der Waals surface area contributed by atoms with E-state index in [0.29, 0.717) is 18.4 Å². The lowest BCUT2D eigenvalue weighted by Gasteiger charge is -2.21. The smallest absolute Gasteiger partial charge is 0.409 e. The zero-order valence-electron chi connectivity index (χ0n) is 13.5. The Kier molecular flexibility index (Phi) is 13.9. The SMILES string of the molecule is CCC.CCN(CCC(C)C)C(=O)OCC(C)C. The summed E-state index contributed by atoms with van der Waals surface area (Å²) in [4.78, 5) is 13.4. The van der Waals surface area contributed by atoms with E-state index in [4.69, 9.17) is 4.74 Å². The van der Waals surface area contributed by atoms with Gasteiger partial charge < -0.3 is 9.64 Å². The molecule has 0 aliphatic heterocycles. The minimum Gasteiger partial charge on any atom is -0.449 e. The van der Waals surface area contributed by atoms with Gasteiger partial charge in [-0.1, -0.05) is 48.0 Å². The summed E-state index contributed by atoms with van der Waals surface area (Å²) in [5, 5.41) is 0.